The second-order valence-electron chi connectivity index (χ2n) is 2.54. The molecule has 2 N–H and O–H groups in total. The van der Waals surface area contributed by atoms with Gasteiger partial charge in [-0.1, -0.05) is 78.5 Å². The molecule has 0 aliphatic heterocycles. The van der Waals surface area contributed by atoms with Gasteiger partial charge in [-0.2, -0.15) is 0 Å². The molecule has 1 aromatic carbocycles. The van der Waals surface area contributed by atoms with Crippen LogP contribution in [0.4, 0.5) is 0 Å². The Balaban J connectivity index is -0.000000328. The number of hydrogen-bond donors (Lipinski definition) is 1. The summed E-state index contributed by atoms with van der Waals surface area (Å²) < 4.78 is 0. The van der Waals surface area contributed by atoms with Gasteiger partial charge in [0.25, 0.3) is 0 Å². The normalized spacial score (nSPS) is 10.5. The molecule has 0 aliphatic carbocycles. The van der Waals surface area contributed by atoms with Crippen LogP contribution < -0.4 is 16.2 Å². The molecule has 0 aliphatic rings. The van der Waals surface area contributed by atoms with Crippen molar-refractivity contribution in [1.29, 1.82) is 0 Å². The van der Waals surface area contributed by atoms with Crippen LogP contribution in [0.25, 0.3) is 11.8 Å². The van der Waals surface area contributed by atoms with Crippen LogP contribution in [0.2, 0.25) is 0 Å². The van der Waals surface area contributed by atoms with E-state index in [1.54, 1.807) is 6.08 Å². The van der Waals surface area contributed by atoms with E-state index in [9.17, 15) is 0 Å². The third kappa shape index (κ3) is 8.63. The topological polar surface area (TPSA) is 26.0 Å². The molecular weight excluding hydrogens is 218 g/mol. The third-order valence-corrected chi connectivity index (χ3v) is 1.80. The van der Waals surface area contributed by atoms with Gasteiger partial charge >= 0.3 is 0 Å². The van der Waals surface area contributed by atoms with Crippen LogP contribution in [0.15, 0.2) is 36.9 Å². The number of benzene rings is 1. The van der Waals surface area contributed by atoms with Crippen LogP contribution >= 0.6 is 0 Å². The zero-order valence-corrected chi connectivity index (χ0v) is 13.2. The lowest BCUT2D eigenvalue weighted by Crippen LogP contribution is -2.28. The zero-order valence-electron chi connectivity index (χ0n) is 13.2. The van der Waals surface area contributed by atoms with Crippen molar-refractivity contribution in [2.24, 2.45) is 5.73 Å². The fourth-order valence-electron chi connectivity index (χ4n) is 1.12. The van der Waals surface area contributed by atoms with E-state index in [0.717, 1.165) is 16.1 Å². The van der Waals surface area contributed by atoms with E-state index in [2.05, 4.69) is 6.58 Å². The predicted octanol–water partition coefficient (Wildman–Crippen LogP) is 3.82. The van der Waals surface area contributed by atoms with Crippen molar-refractivity contribution in [2.75, 3.05) is 0 Å². The van der Waals surface area contributed by atoms with Crippen LogP contribution in [0.1, 0.15) is 48.5 Å². The highest BCUT2D eigenvalue weighted by Gasteiger charge is 1.86. The fourth-order valence-corrected chi connectivity index (χ4v) is 1.12. The molecule has 0 aromatic heterocycles. The van der Waals surface area contributed by atoms with Gasteiger partial charge in [-0.15, -0.1) is 0 Å². The molecular formula is C17H31N. The first-order valence-electron chi connectivity index (χ1n) is 6.93. The Hall–Kier alpha value is -1.50. The van der Waals surface area contributed by atoms with Crippen LogP contribution in [-0.4, -0.2) is 0 Å². The number of nitrogens with two attached hydrogens (primary N) is 1. The molecule has 1 nitrogen and oxygen atoms in total. The highest BCUT2D eigenvalue weighted by atomic mass is 14.6. The van der Waals surface area contributed by atoms with Crippen LogP contribution in [0.5, 0.6) is 0 Å². The first kappa shape index (κ1) is 21.8. The van der Waals surface area contributed by atoms with Gasteiger partial charge in [-0.25, -0.2) is 0 Å². The molecule has 0 bridgehead atoms. The summed E-state index contributed by atoms with van der Waals surface area (Å²) in [5.74, 6) is 0. The van der Waals surface area contributed by atoms with Crippen molar-refractivity contribution >= 4 is 11.8 Å². The summed E-state index contributed by atoms with van der Waals surface area (Å²) in [7, 11) is 0. The first-order valence-corrected chi connectivity index (χ1v) is 6.93. The van der Waals surface area contributed by atoms with Crippen molar-refractivity contribution in [1.82, 2.24) is 0 Å². The van der Waals surface area contributed by atoms with Gasteiger partial charge in [0.05, 0.1) is 0 Å². The Morgan fingerprint density at radius 3 is 1.83 bits per heavy atom. The molecule has 1 heteroatoms. The summed E-state index contributed by atoms with van der Waals surface area (Å²) in [6, 6.07) is 7.99. The minimum absolute atomic E-state index is 0.726. The Morgan fingerprint density at radius 2 is 1.44 bits per heavy atom. The van der Waals surface area contributed by atoms with Gasteiger partial charge in [0.1, 0.15) is 0 Å². The average Bonchev–Trinajstić information content (AvgIpc) is 2.52. The van der Waals surface area contributed by atoms with Gasteiger partial charge < -0.3 is 5.73 Å². The summed E-state index contributed by atoms with van der Waals surface area (Å²) in [5.41, 5.74) is 6.47. The van der Waals surface area contributed by atoms with E-state index in [1.807, 2.05) is 78.8 Å². The van der Waals surface area contributed by atoms with Gasteiger partial charge in [-0.05, 0) is 18.2 Å². The second-order valence-corrected chi connectivity index (χ2v) is 2.54. The lowest BCUT2D eigenvalue weighted by atomic mass is 10.2. The average molecular weight is 249 g/mol. The maximum atomic E-state index is 5.75. The van der Waals surface area contributed by atoms with E-state index in [0.29, 0.717) is 0 Å². The molecule has 1 rings (SSSR count). The third-order valence-electron chi connectivity index (χ3n) is 1.80. The van der Waals surface area contributed by atoms with Crippen molar-refractivity contribution in [2.45, 2.75) is 48.5 Å². The molecule has 18 heavy (non-hydrogen) atoms. The molecule has 0 spiro atoms. The maximum Gasteiger partial charge on any atom is 0.0387 e. The molecule has 1 aromatic rings. The Bertz CT molecular complexity index is 388. The smallest absolute Gasteiger partial charge is 0.0387 e. The van der Waals surface area contributed by atoms with Crippen molar-refractivity contribution < 1.29 is 0 Å². The van der Waals surface area contributed by atoms with Crippen molar-refractivity contribution in [3.63, 3.8) is 0 Å². The van der Waals surface area contributed by atoms with E-state index < -0.39 is 0 Å². The Morgan fingerprint density at radius 1 is 1.00 bits per heavy atom. The molecule has 104 valence electrons. The van der Waals surface area contributed by atoms with E-state index >= 15 is 0 Å². The van der Waals surface area contributed by atoms with Crippen LogP contribution in [0, 0.1) is 0 Å². The quantitative estimate of drug-likeness (QED) is 0.804. The first-order chi connectivity index (χ1) is 8.79. The fraction of sp³-hybridized carbons (Fsp3) is 0.412. The van der Waals surface area contributed by atoms with Crippen molar-refractivity contribution in [3.8, 4) is 0 Å². The monoisotopic (exact) mass is 249 g/mol. The van der Waals surface area contributed by atoms with Gasteiger partial charge in [-0.3, -0.25) is 0 Å². The summed E-state index contributed by atoms with van der Waals surface area (Å²) in [5, 5.41) is 2.20. The predicted molar refractivity (Wildman–Crippen MR) is 87.7 cm³/mol. The second kappa shape index (κ2) is 17.9. The molecule has 0 radical (unpaired) electrons. The SMILES string of the molecule is C=C/C(N)=c1/cccc/c1=C/C.CC.CC.CC. The van der Waals surface area contributed by atoms with E-state index in [-0.39, 0.29) is 0 Å². The standard InChI is InChI=1S/C11H13N.3C2H6/c1-3-9-7-5-6-8-10(9)11(12)4-2;3*1-2/h3-8H,2,12H2,1H3;3*1-2H3/b9-3-,11-10+;;;. The van der Waals surface area contributed by atoms with Gasteiger partial charge in [0.2, 0.25) is 0 Å². The lowest BCUT2D eigenvalue weighted by Gasteiger charge is -1.93. The van der Waals surface area contributed by atoms with Crippen LogP contribution in [-0.2, 0) is 0 Å². The molecule has 0 saturated heterocycles. The summed E-state index contributed by atoms with van der Waals surface area (Å²) in [6.07, 6.45) is 3.70. The molecule has 0 heterocycles. The Labute approximate surface area is 114 Å². The van der Waals surface area contributed by atoms with Crippen LogP contribution in [0.3, 0.4) is 0 Å². The van der Waals surface area contributed by atoms with Crippen molar-refractivity contribution in [3.05, 3.63) is 47.4 Å². The number of rotatable bonds is 1. The summed E-state index contributed by atoms with van der Waals surface area (Å²) in [4.78, 5) is 0. The maximum absolute atomic E-state index is 5.75. The molecule has 0 amide bonds. The highest BCUT2D eigenvalue weighted by molar-refractivity contribution is 5.52. The van der Waals surface area contributed by atoms with Gasteiger partial charge in [0, 0.05) is 10.9 Å². The summed E-state index contributed by atoms with van der Waals surface area (Å²) >= 11 is 0. The Kier molecular flexibility index (Phi) is 21.6. The zero-order chi connectivity index (χ0) is 15.0. The van der Waals surface area contributed by atoms with E-state index in [4.69, 9.17) is 5.73 Å². The minimum atomic E-state index is 0.726. The van der Waals surface area contributed by atoms with Gasteiger partial charge in [0.15, 0.2) is 0 Å². The minimum Gasteiger partial charge on any atom is -0.398 e. The summed E-state index contributed by atoms with van der Waals surface area (Å²) in [6.45, 7) is 17.6. The lowest BCUT2D eigenvalue weighted by molar-refractivity contribution is 1.44. The molecule has 0 saturated carbocycles. The number of hydrogen-bond acceptors (Lipinski definition) is 1. The largest absolute Gasteiger partial charge is 0.398 e. The highest BCUT2D eigenvalue weighted by Crippen LogP contribution is 1.79. The van der Waals surface area contributed by atoms with E-state index in [1.165, 1.54) is 0 Å². The molecule has 0 unspecified atom stereocenters. The molecule has 0 fully saturated rings. The molecule has 0 atom stereocenters.